The number of thiophene rings is 1. The Bertz CT molecular complexity index is 628. The Balaban J connectivity index is 1.94. The zero-order chi connectivity index (χ0) is 15.2. The second kappa shape index (κ2) is 6.96. The molecule has 7 heteroatoms. The molecule has 110 valence electrons. The first-order valence-electron chi connectivity index (χ1n) is 6.29. The summed E-state index contributed by atoms with van der Waals surface area (Å²) in [6.07, 6.45) is 0. The molecule has 2 aromatic rings. The Labute approximate surface area is 126 Å². The third-order valence-corrected chi connectivity index (χ3v) is 3.55. The van der Waals surface area contributed by atoms with Gasteiger partial charge < -0.3 is 5.32 Å². The van der Waals surface area contributed by atoms with Crippen LogP contribution < -0.4 is 5.32 Å². The van der Waals surface area contributed by atoms with Crippen LogP contribution in [0.4, 0.5) is 11.4 Å². The number of carbonyl (C=O) groups excluding carboxylic acids is 1. The molecule has 0 aliphatic rings. The first-order valence-corrected chi connectivity index (χ1v) is 7.23. The smallest absolute Gasteiger partial charge is 0.292 e. The van der Waals surface area contributed by atoms with E-state index in [1.807, 2.05) is 28.8 Å². The highest BCUT2D eigenvalue weighted by molar-refractivity contribution is 7.07. The molecule has 21 heavy (non-hydrogen) atoms. The molecule has 1 aromatic heterocycles. The van der Waals surface area contributed by atoms with Gasteiger partial charge in [-0.25, -0.2) is 0 Å². The lowest BCUT2D eigenvalue weighted by Crippen LogP contribution is -2.29. The van der Waals surface area contributed by atoms with Crippen LogP contribution >= 0.6 is 11.3 Å². The normalized spacial score (nSPS) is 10.6. The molecule has 0 aliphatic heterocycles. The third kappa shape index (κ3) is 4.37. The van der Waals surface area contributed by atoms with Gasteiger partial charge in [-0.1, -0.05) is 12.1 Å². The predicted molar refractivity (Wildman–Crippen MR) is 82.4 cm³/mol. The van der Waals surface area contributed by atoms with E-state index in [9.17, 15) is 14.9 Å². The molecule has 2 rings (SSSR count). The van der Waals surface area contributed by atoms with E-state index in [4.69, 9.17) is 0 Å². The minimum Gasteiger partial charge on any atom is -0.319 e. The second-order valence-corrected chi connectivity index (χ2v) is 5.41. The zero-order valence-electron chi connectivity index (χ0n) is 11.5. The van der Waals surface area contributed by atoms with Crippen molar-refractivity contribution in [2.75, 3.05) is 18.9 Å². The molecule has 0 fully saturated rings. The zero-order valence-corrected chi connectivity index (χ0v) is 12.3. The Morgan fingerprint density at radius 1 is 1.38 bits per heavy atom. The van der Waals surface area contributed by atoms with Gasteiger partial charge in [-0.3, -0.25) is 19.8 Å². The largest absolute Gasteiger partial charge is 0.319 e. The summed E-state index contributed by atoms with van der Waals surface area (Å²) >= 11 is 1.61. The summed E-state index contributed by atoms with van der Waals surface area (Å²) in [5.41, 5.74) is 1.25. The fourth-order valence-corrected chi connectivity index (χ4v) is 2.58. The molecule has 0 spiro atoms. The molecular weight excluding hydrogens is 290 g/mol. The van der Waals surface area contributed by atoms with Crippen LogP contribution in [0.3, 0.4) is 0 Å². The van der Waals surface area contributed by atoms with Gasteiger partial charge >= 0.3 is 0 Å². The van der Waals surface area contributed by atoms with Crippen LogP contribution in [0, 0.1) is 10.1 Å². The Hall–Kier alpha value is -2.25. The Kier molecular flexibility index (Phi) is 5.02. The van der Waals surface area contributed by atoms with Gasteiger partial charge in [0.2, 0.25) is 5.91 Å². The van der Waals surface area contributed by atoms with Gasteiger partial charge in [0.15, 0.2) is 0 Å². The first-order chi connectivity index (χ1) is 10.1. The van der Waals surface area contributed by atoms with Crippen LogP contribution in [-0.4, -0.2) is 29.3 Å². The molecule has 6 nitrogen and oxygen atoms in total. The van der Waals surface area contributed by atoms with Crippen molar-refractivity contribution in [3.63, 3.8) is 0 Å². The Morgan fingerprint density at radius 2 is 2.14 bits per heavy atom. The number of benzene rings is 1. The summed E-state index contributed by atoms with van der Waals surface area (Å²) in [6, 6.07) is 8.11. The number of amides is 1. The predicted octanol–water partition coefficient (Wildman–Crippen LogP) is 2.73. The van der Waals surface area contributed by atoms with Gasteiger partial charge in [-0.2, -0.15) is 11.3 Å². The number of nitrogens with one attached hydrogen (secondary N) is 1. The average molecular weight is 305 g/mol. The lowest BCUT2D eigenvalue weighted by atomic mass is 10.2. The lowest BCUT2D eigenvalue weighted by Gasteiger charge is -2.15. The van der Waals surface area contributed by atoms with E-state index in [0.29, 0.717) is 6.54 Å². The van der Waals surface area contributed by atoms with Gasteiger partial charge in [0.05, 0.1) is 11.5 Å². The van der Waals surface area contributed by atoms with Gasteiger partial charge in [0.25, 0.3) is 5.69 Å². The number of carbonyl (C=O) groups is 1. The van der Waals surface area contributed by atoms with Crippen LogP contribution in [0.2, 0.25) is 0 Å². The number of hydrogen-bond acceptors (Lipinski definition) is 5. The van der Waals surface area contributed by atoms with E-state index in [-0.39, 0.29) is 23.8 Å². The van der Waals surface area contributed by atoms with Crippen molar-refractivity contribution in [2.24, 2.45) is 0 Å². The molecule has 0 bridgehead atoms. The molecule has 0 saturated carbocycles. The maximum atomic E-state index is 12.0. The lowest BCUT2D eigenvalue weighted by molar-refractivity contribution is -0.383. The van der Waals surface area contributed by atoms with Crippen molar-refractivity contribution in [3.8, 4) is 0 Å². The third-order valence-electron chi connectivity index (χ3n) is 2.82. The number of nitrogens with zero attached hydrogens (tertiary/aromatic N) is 2. The minimum atomic E-state index is -0.509. The molecule has 0 radical (unpaired) electrons. The highest BCUT2D eigenvalue weighted by Gasteiger charge is 2.15. The van der Waals surface area contributed by atoms with Crippen molar-refractivity contribution in [1.29, 1.82) is 0 Å². The summed E-state index contributed by atoms with van der Waals surface area (Å²) in [7, 11) is 1.83. The number of likely N-dealkylation sites (N-methyl/N-ethyl adjacent to an activating group) is 1. The van der Waals surface area contributed by atoms with Crippen molar-refractivity contribution in [3.05, 3.63) is 56.8 Å². The van der Waals surface area contributed by atoms with Crippen molar-refractivity contribution >= 4 is 28.6 Å². The van der Waals surface area contributed by atoms with Crippen LogP contribution in [0.25, 0.3) is 0 Å². The monoisotopic (exact) mass is 305 g/mol. The summed E-state index contributed by atoms with van der Waals surface area (Å²) in [5, 5.41) is 17.5. The second-order valence-electron chi connectivity index (χ2n) is 4.63. The van der Waals surface area contributed by atoms with E-state index in [1.54, 1.807) is 23.5 Å². The van der Waals surface area contributed by atoms with E-state index in [0.717, 1.165) is 5.56 Å². The summed E-state index contributed by atoms with van der Waals surface area (Å²) in [6.45, 7) is 0.829. The number of para-hydroxylation sites is 2. The molecule has 1 heterocycles. The van der Waals surface area contributed by atoms with Gasteiger partial charge in [0, 0.05) is 12.6 Å². The quantitative estimate of drug-likeness (QED) is 0.657. The van der Waals surface area contributed by atoms with Gasteiger partial charge in [0.1, 0.15) is 5.69 Å². The summed E-state index contributed by atoms with van der Waals surface area (Å²) < 4.78 is 0. The topological polar surface area (TPSA) is 75.5 Å². The van der Waals surface area contributed by atoms with E-state index in [1.165, 1.54) is 12.1 Å². The van der Waals surface area contributed by atoms with Crippen molar-refractivity contribution in [2.45, 2.75) is 6.54 Å². The van der Waals surface area contributed by atoms with E-state index in [2.05, 4.69) is 5.32 Å². The van der Waals surface area contributed by atoms with Crippen LogP contribution in [0.5, 0.6) is 0 Å². The first kappa shape index (κ1) is 15.1. The molecular formula is C14H15N3O3S. The molecule has 0 unspecified atom stereocenters. The average Bonchev–Trinajstić information content (AvgIpc) is 2.91. The SMILES string of the molecule is CN(CC(=O)Nc1ccccc1[N+](=O)[O-])Cc1ccsc1. The molecule has 0 atom stereocenters. The molecule has 0 aliphatic carbocycles. The Morgan fingerprint density at radius 3 is 2.81 bits per heavy atom. The van der Waals surface area contributed by atoms with Gasteiger partial charge in [-0.05, 0) is 35.5 Å². The summed E-state index contributed by atoms with van der Waals surface area (Å²) in [5.74, 6) is -0.276. The van der Waals surface area contributed by atoms with Crippen LogP contribution in [0.15, 0.2) is 41.1 Å². The standard InChI is InChI=1S/C14H15N3O3S/c1-16(8-11-6-7-21-10-11)9-14(18)15-12-4-2-3-5-13(12)17(19)20/h2-7,10H,8-9H2,1H3,(H,15,18). The van der Waals surface area contributed by atoms with E-state index >= 15 is 0 Å². The van der Waals surface area contributed by atoms with E-state index < -0.39 is 4.92 Å². The van der Waals surface area contributed by atoms with Crippen LogP contribution in [-0.2, 0) is 11.3 Å². The molecule has 0 saturated heterocycles. The minimum absolute atomic E-state index is 0.105. The van der Waals surface area contributed by atoms with Crippen molar-refractivity contribution in [1.82, 2.24) is 4.90 Å². The molecule has 1 aromatic carbocycles. The fraction of sp³-hybridized carbons (Fsp3) is 0.214. The highest BCUT2D eigenvalue weighted by atomic mass is 32.1. The summed E-state index contributed by atoms with van der Waals surface area (Å²) in [4.78, 5) is 24.2. The number of nitro groups is 1. The number of hydrogen-bond donors (Lipinski definition) is 1. The maximum absolute atomic E-state index is 12.0. The molecule has 1 N–H and O–H groups in total. The van der Waals surface area contributed by atoms with Crippen LogP contribution in [0.1, 0.15) is 5.56 Å². The molecule has 1 amide bonds. The highest BCUT2D eigenvalue weighted by Crippen LogP contribution is 2.23. The number of anilines is 1. The number of nitro benzene ring substituents is 1. The maximum Gasteiger partial charge on any atom is 0.292 e. The number of rotatable bonds is 6. The van der Waals surface area contributed by atoms with Crippen molar-refractivity contribution < 1.29 is 9.72 Å². The van der Waals surface area contributed by atoms with Gasteiger partial charge in [-0.15, -0.1) is 0 Å². The fourth-order valence-electron chi connectivity index (χ4n) is 1.92.